The summed E-state index contributed by atoms with van der Waals surface area (Å²) in [5.74, 6) is 0.364. The standard InChI is InChI=1S/C25H30N4O2/c1-18-9-10-22(15-19(18)2)29-13-11-28(12-14-29)16-24-27-23(17-31-24)25(30)26-20(3)21-7-5-4-6-8-21/h4-10,15,17,20H,11-14,16H2,1-3H3,(H,26,30)/t20-/m1/s1. The summed E-state index contributed by atoms with van der Waals surface area (Å²) in [6, 6.07) is 16.4. The van der Waals surface area contributed by atoms with Crippen molar-refractivity contribution in [2.24, 2.45) is 0 Å². The number of hydrogen-bond donors (Lipinski definition) is 1. The maximum Gasteiger partial charge on any atom is 0.273 e. The van der Waals surface area contributed by atoms with Crippen molar-refractivity contribution in [3.63, 3.8) is 0 Å². The van der Waals surface area contributed by atoms with Crippen molar-refractivity contribution < 1.29 is 9.21 Å². The van der Waals surface area contributed by atoms with E-state index in [2.05, 4.69) is 52.1 Å². The maximum atomic E-state index is 12.5. The van der Waals surface area contributed by atoms with Crippen molar-refractivity contribution in [3.8, 4) is 0 Å². The van der Waals surface area contributed by atoms with E-state index in [1.54, 1.807) is 0 Å². The Morgan fingerprint density at radius 2 is 1.81 bits per heavy atom. The average Bonchev–Trinajstić information content (AvgIpc) is 3.25. The van der Waals surface area contributed by atoms with Crippen molar-refractivity contribution in [2.45, 2.75) is 33.4 Å². The van der Waals surface area contributed by atoms with Gasteiger partial charge in [-0.1, -0.05) is 36.4 Å². The van der Waals surface area contributed by atoms with Gasteiger partial charge in [0.25, 0.3) is 5.91 Å². The lowest BCUT2D eigenvalue weighted by Gasteiger charge is -2.35. The van der Waals surface area contributed by atoms with Crippen LogP contribution in [0.15, 0.2) is 59.2 Å². The largest absolute Gasteiger partial charge is 0.447 e. The molecule has 6 heteroatoms. The number of rotatable bonds is 6. The van der Waals surface area contributed by atoms with E-state index in [-0.39, 0.29) is 11.9 Å². The van der Waals surface area contributed by atoms with E-state index in [9.17, 15) is 4.79 Å². The molecule has 6 nitrogen and oxygen atoms in total. The zero-order valence-corrected chi connectivity index (χ0v) is 18.5. The minimum atomic E-state index is -0.217. The van der Waals surface area contributed by atoms with E-state index in [4.69, 9.17) is 4.42 Å². The van der Waals surface area contributed by atoms with Gasteiger partial charge in [-0.05, 0) is 49.6 Å². The quantitative estimate of drug-likeness (QED) is 0.653. The summed E-state index contributed by atoms with van der Waals surface area (Å²) in [5.41, 5.74) is 5.31. The molecule has 1 atom stereocenters. The van der Waals surface area contributed by atoms with Crippen molar-refractivity contribution in [1.82, 2.24) is 15.2 Å². The number of nitrogens with one attached hydrogen (secondary N) is 1. The molecule has 1 amide bonds. The molecular weight excluding hydrogens is 388 g/mol. The molecule has 3 aromatic rings. The third kappa shape index (κ3) is 5.14. The van der Waals surface area contributed by atoms with Crippen LogP contribution in [0.25, 0.3) is 0 Å². The number of hydrogen-bond acceptors (Lipinski definition) is 5. The van der Waals surface area contributed by atoms with E-state index >= 15 is 0 Å². The second-order valence-corrected chi connectivity index (χ2v) is 8.26. The number of aryl methyl sites for hydroxylation is 2. The van der Waals surface area contributed by atoms with Gasteiger partial charge in [-0.2, -0.15) is 0 Å². The maximum absolute atomic E-state index is 12.5. The minimum absolute atomic E-state index is 0.0904. The summed E-state index contributed by atoms with van der Waals surface area (Å²) in [4.78, 5) is 21.7. The van der Waals surface area contributed by atoms with Gasteiger partial charge < -0.3 is 14.6 Å². The molecule has 4 rings (SSSR count). The number of oxazole rings is 1. The predicted molar refractivity (Wildman–Crippen MR) is 122 cm³/mol. The van der Waals surface area contributed by atoms with Gasteiger partial charge in [-0.3, -0.25) is 9.69 Å². The summed E-state index contributed by atoms with van der Waals surface area (Å²) in [6.45, 7) is 10.7. The molecule has 1 saturated heterocycles. The molecule has 1 fully saturated rings. The van der Waals surface area contributed by atoms with Crippen molar-refractivity contribution in [3.05, 3.63) is 83.1 Å². The summed E-state index contributed by atoms with van der Waals surface area (Å²) in [6.07, 6.45) is 1.45. The van der Waals surface area contributed by atoms with Gasteiger partial charge in [-0.15, -0.1) is 0 Å². The number of nitrogens with zero attached hydrogens (tertiary/aromatic N) is 3. The van der Waals surface area contributed by atoms with Crippen LogP contribution in [0.1, 0.15) is 46.0 Å². The van der Waals surface area contributed by atoms with Crippen LogP contribution in [-0.4, -0.2) is 42.0 Å². The Labute approximate surface area is 183 Å². The molecule has 0 aliphatic carbocycles. The van der Waals surface area contributed by atoms with E-state index in [0.717, 1.165) is 31.7 Å². The number of benzene rings is 2. The predicted octanol–water partition coefficient (Wildman–Crippen LogP) is 4.10. The Balaban J connectivity index is 1.29. The van der Waals surface area contributed by atoms with Crippen molar-refractivity contribution >= 4 is 11.6 Å². The highest BCUT2D eigenvalue weighted by molar-refractivity contribution is 5.92. The van der Waals surface area contributed by atoms with Crippen LogP contribution in [0.4, 0.5) is 5.69 Å². The van der Waals surface area contributed by atoms with Gasteiger partial charge in [0.2, 0.25) is 5.89 Å². The Morgan fingerprint density at radius 1 is 1.06 bits per heavy atom. The van der Waals surface area contributed by atoms with Crippen LogP contribution in [0.3, 0.4) is 0 Å². The van der Waals surface area contributed by atoms with Gasteiger partial charge in [-0.25, -0.2) is 4.98 Å². The third-order valence-corrected chi connectivity index (χ3v) is 6.02. The average molecular weight is 419 g/mol. The molecule has 1 aliphatic heterocycles. The highest BCUT2D eigenvalue weighted by Crippen LogP contribution is 2.21. The first kappa shape index (κ1) is 21.1. The molecule has 162 valence electrons. The molecular formula is C25H30N4O2. The molecule has 2 aromatic carbocycles. The fraction of sp³-hybridized carbons (Fsp3) is 0.360. The van der Waals surface area contributed by atoms with Crippen LogP contribution >= 0.6 is 0 Å². The molecule has 2 heterocycles. The normalized spacial score (nSPS) is 15.6. The highest BCUT2D eigenvalue weighted by Gasteiger charge is 2.21. The van der Waals surface area contributed by atoms with Crippen LogP contribution in [0.5, 0.6) is 0 Å². The summed E-state index contributed by atoms with van der Waals surface area (Å²) < 4.78 is 5.59. The van der Waals surface area contributed by atoms with Crippen LogP contribution < -0.4 is 10.2 Å². The Morgan fingerprint density at radius 3 is 2.52 bits per heavy atom. The van der Waals surface area contributed by atoms with E-state index in [1.807, 2.05) is 37.3 Å². The summed E-state index contributed by atoms with van der Waals surface area (Å²) in [7, 11) is 0. The monoisotopic (exact) mass is 418 g/mol. The lowest BCUT2D eigenvalue weighted by atomic mass is 10.1. The summed E-state index contributed by atoms with van der Waals surface area (Å²) in [5, 5.41) is 2.98. The topological polar surface area (TPSA) is 61.6 Å². The fourth-order valence-corrected chi connectivity index (χ4v) is 3.86. The van der Waals surface area contributed by atoms with Gasteiger partial charge in [0.05, 0.1) is 12.6 Å². The van der Waals surface area contributed by atoms with Crippen LogP contribution in [-0.2, 0) is 6.54 Å². The molecule has 0 bridgehead atoms. The molecule has 0 radical (unpaired) electrons. The Hall–Kier alpha value is -3.12. The van der Waals surface area contributed by atoms with Gasteiger partial charge in [0.15, 0.2) is 5.69 Å². The molecule has 1 aromatic heterocycles. The lowest BCUT2D eigenvalue weighted by molar-refractivity contribution is 0.0934. The number of carbonyl (C=O) groups excluding carboxylic acids is 1. The number of carbonyl (C=O) groups is 1. The number of aromatic nitrogens is 1. The molecule has 0 unspecified atom stereocenters. The fourth-order valence-electron chi connectivity index (χ4n) is 3.86. The molecule has 1 N–H and O–H groups in total. The highest BCUT2D eigenvalue weighted by atomic mass is 16.3. The third-order valence-electron chi connectivity index (χ3n) is 6.02. The second kappa shape index (κ2) is 9.35. The molecule has 0 spiro atoms. The zero-order valence-electron chi connectivity index (χ0n) is 18.5. The van der Waals surface area contributed by atoms with E-state index < -0.39 is 0 Å². The summed E-state index contributed by atoms with van der Waals surface area (Å²) >= 11 is 0. The van der Waals surface area contributed by atoms with Crippen LogP contribution in [0.2, 0.25) is 0 Å². The van der Waals surface area contributed by atoms with Crippen molar-refractivity contribution in [1.29, 1.82) is 0 Å². The van der Waals surface area contributed by atoms with Gasteiger partial charge in [0.1, 0.15) is 6.26 Å². The minimum Gasteiger partial charge on any atom is -0.447 e. The Bertz CT molecular complexity index is 1020. The first-order valence-electron chi connectivity index (χ1n) is 10.8. The molecule has 1 aliphatic rings. The molecule has 31 heavy (non-hydrogen) atoms. The van der Waals surface area contributed by atoms with Crippen molar-refractivity contribution in [2.75, 3.05) is 31.1 Å². The first-order chi connectivity index (χ1) is 15.0. The number of piperazine rings is 1. The SMILES string of the molecule is Cc1ccc(N2CCN(Cc3nc(C(=O)N[C@H](C)c4ccccc4)co3)CC2)cc1C. The van der Waals surface area contributed by atoms with Gasteiger partial charge in [0, 0.05) is 31.9 Å². The number of amides is 1. The van der Waals surface area contributed by atoms with E-state index in [0.29, 0.717) is 18.1 Å². The zero-order chi connectivity index (χ0) is 21.8. The smallest absolute Gasteiger partial charge is 0.273 e. The van der Waals surface area contributed by atoms with Crippen LogP contribution in [0, 0.1) is 13.8 Å². The second-order valence-electron chi connectivity index (χ2n) is 8.26. The first-order valence-corrected chi connectivity index (χ1v) is 10.8. The lowest BCUT2D eigenvalue weighted by Crippen LogP contribution is -2.46. The number of anilines is 1. The van der Waals surface area contributed by atoms with Gasteiger partial charge >= 0.3 is 0 Å². The molecule has 0 saturated carbocycles. The Kier molecular flexibility index (Phi) is 6.37. The van der Waals surface area contributed by atoms with E-state index in [1.165, 1.54) is 23.1 Å².